The van der Waals surface area contributed by atoms with E-state index in [1.807, 2.05) is 36.4 Å². The van der Waals surface area contributed by atoms with Gasteiger partial charge >= 0.3 is 5.97 Å². The molecular formula is C27H22N4O4S. The Morgan fingerprint density at radius 3 is 2.67 bits per heavy atom. The van der Waals surface area contributed by atoms with Gasteiger partial charge in [-0.2, -0.15) is 0 Å². The van der Waals surface area contributed by atoms with Crippen LogP contribution < -0.4 is 5.32 Å². The van der Waals surface area contributed by atoms with Crippen molar-refractivity contribution in [3.05, 3.63) is 97.0 Å². The molecule has 0 atom stereocenters. The van der Waals surface area contributed by atoms with E-state index in [9.17, 15) is 13.2 Å². The first-order valence-corrected chi connectivity index (χ1v) is 12.6. The summed E-state index contributed by atoms with van der Waals surface area (Å²) in [7, 11) is -3.70. The normalized spacial score (nSPS) is 11.8. The van der Waals surface area contributed by atoms with Crippen LogP contribution in [0.4, 0.5) is 11.5 Å². The van der Waals surface area contributed by atoms with Crippen molar-refractivity contribution in [2.45, 2.75) is 11.8 Å². The van der Waals surface area contributed by atoms with Gasteiger partial charge in [-0.05, 0) is 60.2 Å². The molecule has 9 heteroatoms. The van der Waals surface area contributed by atoms with Crippen LogP contribution in [0.1, 0.15) is 12.5 Å². The summed E-state index contributed by atoms with van der Waals surface area (Å²) in [6.07, 6.45) is 6.68. The van der Waals surface area contributed by atoms with E-state index >= 15 is 0 Å². The summed E-state index contributed by atoms with van der Waals surface area (Å²) in [5.41, 5.74) is 3.02. The number of esters is 1. The molecule has 0 radical (unpaired) electrons. The van der Waals surface area contributed by atoms with Crippen LogP contribution in [-0.2, 0) is 19.6 Å². The van der Waals surface area contributed by atoms with Gasteiger partial charge in [-0.1, -0.05) is 30.3 Å². The number of nitrogens with one attached hydrogen (secondary N) is 1. The predicted octanol–water partition coefficient (Wildman–Crippen LogP) is 5.14. The van der Waals surface area contributed by atoms with Crippen LogP contribution in [0.2, 0.25) is 0 Å². The van der Waals surface area contributed by atoms with Gasteiger partial charge in [0.2, 0.25) is 0 Å². The van der Waals surface area contributed by atoms with Gasteiger partial charge in [0.15, 0.2) is 0 Å². The lowest BCUT2D eigenvalue weighted by Gasteiger charge is -2.10. The van der Waals surface area contributed by atoms with Crippen LogP contribution in [0, 0.1) is 0 Å². The largest absolute Gasteiger partial charge is 0.462 e. The summed E-state index contributed by atoms with van der Waals surface area (Å²) in [4.78, 5) is 19.9. The Morgan fingerprint density at radius 1 is 1.03 bits per heavy atom. The first-order valence-electron chi connectivity index (χ1n) is 11.2. The first-order chi connectivity index (χ1) is 17.4. The SMILES string of the molecule is CC(=O)OCC=Cc1ccc2ncnc(Nc3ccc4c(ccn4S(=O)(=O)c4ccccc4)c3)c2c1. The number of benzene rings is 3. The smallest absolute Gasteiger partial charge is 0.302 e. The fraction of sp³-hybridized carbons (Fsp3) is 0.0741. The number of anilines is 2. The fourth-order valence-electron chi connectivity index (χ4n) is 3.87. The van der Waals surface area contributed by atoms with Crippen molar-refractivity contribution in [1.82, 2.24) is 13.9 Å². The minimum absolute atomic E-state index is 0.198. The Kier molecular flexibility index (Phi) is 6.22. The molecule has 2 heterocycles. The summed E-state index contributed by atoms with van der Waals surface area (Å²) < 4.78 is 32.4. The minimum atomic E-state index is -3.70. The Balaban J connectivity index is 1.44. The average Bonchev–Trinajstić information content (AvgIpc) is 3.31. The molecule has 0 amide bonds. The lowest BCUT2D eigenvalue weighted by molar-refractivity contribution is -0.139. The van der Waals surface area contributed by atoms with Crippen LogP contribution in [0.15, 0.2) is 96.3 Å². The molecule has 0 aliphatic rings. The van der Waals surface area contributed by atoms with E-state index in [2.05, 4.69) is 15.3 Å². The van der Waals surface area contributed by atoms with Gasteiger partial charge in [-0.15, -0.1) is 0 Å². The zero-order chi connectivity index (χ0) is 25.1. The molecule has 0 fully saturated rings. The highest BCUT2D eigenvalue weighted by Crippen LogP contribution is 2.28. The van der Waals surface area contributed by atoms with E-state index in [1.54, 1.807) is 54.7 Å². The molecule has 0 saturated heterocycles. The van der Waals surface area contributed by atoms with Crippen LogP contribution in [-0.4, -0.2) is 34.9 Å². The number of hydrogen-bond donors (Lipinski definition) is 1. The molecule has 0 bridgehead atoms. The summed E-state index contributed by atoms with van der Waals surface area (Å²) in [5.74, 6) is 0.286. The van der Waals surface area contributed by atoms with E-state index < -0.39 is 10.0 Å². The van der Waals surface area contributed by atoms with Crippen molar-refractivity contribution in [2.24, 2.45) is 0 Å². The number of carbonyl (C=O) groups excluding carboxylic acids is 1. The summed E-state index contributed by atoms with van der Waals surface area (Å²) in [5, 5.41) is 4.91. The van der Waals surface area contributed by atoms with Crippen molar-refractivity contribution in [3.8, 4) is 0 Å². The number of rotatable bonds is 7. The van der Waals surface area contributed by atoms with Gasteiger partial charge < -0.3 is 10.1 Å². The number of aromatic nitrogens is 3. The third-order valence-corrected chi connectivity index (χ3v) is 7.27. The van der Waals surface area contributed by atoms with Gasteiger partial charge in [0.25, 0.3) is 10.0 Å². The summed E-state index contributed by atoms with van der Waals surface area (Å²) in [6.45, 7) is 1.57. The van der Waals surface area contributed by atoms with Crippen LogP contribution in [0.3, 0.4) is 0 Å². The van der Waals surface area contributed by atoms with E-state index in [-0.39, 0.29) is 17.5 Å². The first kappa shape index (κ1) is 23.3. The van der Waals surface area contributed by atoms with Gasteiger partial charge in [-0.25, -0.2) is 22.4 Å². The molecule has 5 aromatic rings. The zero-order valence-corrected chi connectivity index (χ0v) is 20.1. The molecule has 1 N–H and O–H groups in total. The number of nitrogens with zero attached hydrogens (tertiary/aromatic N) is 3. The van der Waals surface area contributed by atoms with Crippen molar-refractivity contribution in [1.29, 1.82) is 0 Å². The van der Waals surface area contributed by atoms with Crippen molar-refractivity contribution >= 4 is 55.4 Å². The lowest BCUT2D eigenvalue weighted by Crippen LogP contribution is -2.11. The zero-order valence-electron chi connectivity index (χ0n) is 19.3. The van der Waals surface area contributed by atoms with Crippen molar-refractivity contribution in [2.75, 3.05) is 11.9 Å². The third kappa shape index (κ3) is 4.69. The molecule has 8 nitrogen and oxygen atoms in total. The number of carbonyl (C=O) groups is 1. The molecule has 0 saturated carbocycles. The monoisotopic (exact) mass is 498 g/mol. The molecule has 0 spiro atoms. The van der Waals surface area contributed by atoms with E-state index in [4.69, 9.17) is 4.74 Å². The second kappa shape index (κ2) is 9.63. The molecule has 0 unspecified atom stereocenters. The molecule has 36 heavy (non-hydrogen) atoms. The molecule has 180 valence electrons. The average molecular weight is 499 g/mol. The standard InChI is InChI=1S/C27H22N4O4S/c1-19(32)35-15-5-6-20-9-11-25-24(16-20)27(29-18-28-25)30-22-10-12-26-21(17-22)13-14-31(26)36(33,34)23-7-3-2-4-8-23/h2-14,16-18H,15H2,1H3,(H,28,29,30). The maximum absolute atomic E-state index is 13.1. The van der Waals surface area contributed by atoms with Gasteiger partial charge in [0.1, 0.15) is 18.8 Å². The molecular weight excluding hydrogens is 476 g/mol. The van der Waals surface area contributed by atoms with Crippen LogP contribution in [0.5, 0.6) is 0 Å². The Bertz CT molecular complexity index is 1710. The van der Waals surface area contributed by atoms with E-state index in [0.717, 1.165) is 27.5 Å². The fourth-order valence-corrected chi connectivity index (χ4v) is 5.25. The lowest BCUT2D eigenvalue weighted by atomic mass is 10.1. The highest BCUT2D eigenvalue weighted by molar-refractivity contribution is 7.90. The van der Waals surface area contributed by atoms with Crippen LogP contribution >= 0.6 is 0 Å². The quantitative estimate of drug-likeness (QED) is 0.310. The van der Waals surface area contributed by atoms with E-state index in [0.29, 0.717) is 11.3 Å². The van der Waals surface area contributed by atoms with Crippen molar-refractivity contribution < 1.29 is 17.9 Å². The Labute approximate surface area is 207 Å². The second-order valence-electron chi connectivity index (χ2n) is 8.03. The second-order valence-corrected chi connectivity index (χ2v) is 9.85. The van der Waals surface area contributed by atoms with Gasteiger partial charge in [0, 0.05) is 29.6 Å². The van der Waals surface area contributed by atoms with Gasteiger partial charge in [-0.3, -0.25) is 4.79 Å². The predicted molar refractivity (Wildman–Crippen MR) is 139 cm³/mol. The molecule has 3 aromatic carbocycles. The molecule has 5 rings (SSSR count). The highest BCUT2D eigenvalue weighted by atomic mass is 32.2. The number of ether oxygens (including phenoxy) is 1. The Morgan fingerprint density at radius 2 is 1.86 bits per heavy atom. The Hall–Kier alpha value is -4.50. The maximum atomic E-state index is 13.1. The van der Waals surface area contributed by atoms with Gasteiger partial charge in [0.05, 0.1) is 15.9 Å². The maximum Gasteiger partial charge on any atom is 0.302 e. The summed E-state index contributed by atoms with van der Waals surface area (Å²) >= 11 is 0. The molecule has 0 aliphatic carbocycles. The third-order valence-electron chi connectivity index (χ3n) is 5.57. The molecule has 2 aromatic heterocycles. The number of fused-ring (bicyclic) bond motifs is 2. The van der Waals surface area contributed by atoms with Crippen molar-refractivity contribution in [3.63, 3.8) is 0 Å². The topological polar surface area (TPSA) is 103 Å². The highest BCUT2D eigenvalue weighted by Gasteiger charge is 2.18. The van der Waals surface area contributed by atoms with Crippen LogP contribution in [0.25, 0.3) is 27.9 Å². The number of hydrogen-bond acceptors (Lipinski definition) is 7. The molecule has 0 aliphatic heterocycles. The summed E-state index contributed by atoms with van der Waals surface area (Å²) in [6, 6.07) is 21.3. The minimum Gasteiger partial charge on any atom is -0.462 e. The van der Waals surface area contributed by atoms with E-state index in [1.165, 1.54) is 17.2 Å².